The number of amides is 2. The van der Waals surface area contributed by atoms with Gasteiger partial charge in [-0.3, -0.25) is 10.1 Å². The van der Waals surface area contributed by atoms with Gasteiger partial charge in [-0.05, 0) is 73.7 Å². The SMILES string of the molecule is CCC#Cc1ccccc1S(=O)(=O)NC(=O)c1ccc(C(C)c2c[nH]c3ccc(NC(=O)OC4CCCC4)cc23)c(OC)c1. The van der Waals surface area contributed by atoms with Crippen LogP contribution in [0.3, 0.4) is 0 Å². The minimum atomic E-state index is -4.18. The Hall–Kier alpha value is -4.75. The Labute approximate surface area is 257 Å². The summed E-state index contributed by atoms with van der Waals surface area (Å²) in [5.74, 6) is 5.18. The third-order valence-corrected chi connectivity index (χ3v) is 9.16. The third kappa shape index (κ3) is 6.74. The van der Waals surface area contributed by atoms with Gasteiger partial charge in [0.2, 0.25) is 0 Å². The predicted molar refractivity (Wildman–Crippen MR) is 169 cm³/mol. The number of aromatic amines is 1. The number of sulfonamides is 1. The van der Waals surface area contributed by atoms with Crippen molar-refractivity contribution in [3.63, 3.8) is 0 Å². The Kier molecular flexibility index (Phi) is 9.26. The fourth-order valence-corrected chi connectivity index (χ4v) is 6.62. The maximum atomic E-state index is 13.1. The summed E-state index contributed by atoms with van der Waals surface area (Å²) in [5, 5.41) is 3.76. The summed E-state index contributed by atoms with van der Waals surface area (Å²) in [5.41, 5.74) is 3.72. The van der Waals surface area contributed by atoms with E-state index >= 15 is 0 Å². The molecule has 0 aliphatic heterocycles. The van der Waals surface area contributed by atoms with Crippen molar-refractivity contribution >= 4 is 38.6 Å². The molecule has 1 aliphatic carbocycles. The molecule has 1 unspecified atom stereocenters. The highest BCUT2D eigenvalue weighted by atomic mass is 32.2. The van der Waals surface area contributed by atoms with Gasteiger partial charge in [-0.2, -0.15) is 0 Å². The molecule has 1 atom stereocenters. The van der Waals surface area contributed by atoms with Crippen molar-refractivity contribution in [3.8, 4) is 17.6 Å². The van der Waals surface area contributed by atoms with E-state index in [0.717, 1.165) is 47.7 Å². The second-order valence-electron chi connectivity index (χ2n) is 10.7. The number of hydrogen-bond donors (Lipinski definition) is 3. The molecule has 5 rings (SSSR count). The van der Waals surface area contributed by atoms with E-state index in [1.165, 1.54) is 19.2 Å². The van der Waals surface area contributed by atoms with E-state index in [1.807, 2.05) is 38.2 Å². The van der Waals surface area contributed by atoms with E-state index in [0.29, 0.717) is 23.4 Å². The number of hydrogen-bond acceptors (Lipinski definition) is 6. The number of anilines is 1. The second-order valence-corrected chi connectivity index (χ2v) is 12.4. The number of benzene rings is 3. The van der Waals surface area contributed by atoms with Gasteiger partial charge >= 0.3 is 6.09 Å². The number of aromatic nitrogens is 1. The van der Waals surface area contributed by atoms with Crippen LogP contribution in [-0.2, 0) is 14.8 Å². The minimum Gasteiger partial charge on any atom is -0.496 e. The summed E-state index contributed by atoms with van der Waals surface area (Å²) < 4.78 is 39.6. The lowest BCUT2D eigenvalue weighted by Crippen LogP contribution is -2.31. The number of fused-ring (bicyclic) bond motifs is 1. The quantitative estimate of drug-likeness (QED) is 0.190. The average Bonchev–Trinajstić information content (AvgIpc) is 3.69. The smallest absolute Gasteiger partial charge is 0.411 e. The fraction of sp³-hybridized carbons (Fsp3) is 0.294. The molecule has 2 amide bonds. The number of ether oxygens (including phenoxy) is 2. The first kappa shape index (κ1) is 30.7. The summed E-state index contributed by atoms with van der Waals surface area (Å²) >= 11 is 0. The van der Waals surface area contributed by atoms with Crippen LogP contribution in [0.15, 0.2) is 71.8 Å². The molecule has 0 spiro atoms. The summed E-state index contributed by atoms with van der Waals surface area (Å²) in [6.45, 7) is 3.88. The monoisotopic (exact) mass is 613 g/mol. The lowest BCUT2D eigenvalue weighted by Gasteiger charge is -2.17. The van der Waals surface area contributed by atoms with Crippen molar-refractivity contribution in [2.45, 2.75) is 62.9 Å². The summed E-state index contributed by atoms with van der Waals surface area (Å²) in [6.07, 6.45) is 5.92. The van der Waals surface area contributed by atoms with Crippen LogP contribution in [0.1, 0.15) is 78.9 Å². The number of rotatable bonds is 8. The second kappa shape index (κ2) is 13.3. The molecule has 44 heavy (non-hydrogen) atoms. The molecule has 1 heterocycles. The zero-order valence-corrected chi connectivity index (χ0v) is 25.7. The Bertz CT molecular complexity index is 1860. The van der Waals surface area contributed by atoms with Gasteiger partial charge in [0, 0.05) is 51.8 Å². The largest absolute Gasteiger partial charge is 0.496 e. The highest BCUT2D eigenvalue weighted by molar-refractivity contribution is 7.90. The van der Waals surface area contributed by atoms with Crippen molar-refractivity contribution in [3.05, 3.63) is 89.1 Å². The highest BCUT2D eigenvalue weighted by Crippen LogP contribution is 2.37. The fourth-order valence-electron chi connectivity index (χ4n) is 5.48. The Morgan fingerprint density at radius 1 is 1.05 bits per heavy atom. The van der Waals surface area contributed by atoms with Crippen molar-refractivity contribution in [2.24, 2.45) is 0 Å². The molecule has 1 aliphatic rings. The van der Waals surface area contributed by atoms with E-state index < -0.39 is 22.0 Å². The molecule has 0 bridgehead atoms. The third-order valence-electron chi connectivity index (χ3n) is 7.77. The van der Waals surface area contributed by atoms with Gasteiger partial charge < -0.3 is 14.5 Å². The van der Waals surface area contributed by atoms with Crippen molar-refractivity contribution in [1.82, 2.24) is 9.71 Å². The zero-order chi connectivity index (χ0) is 31.3. The summed E-state index contributed by atoms with van der Waals surface area (Å²) in [7, 11) is -2.68. The maximum Gasteiger partial charge on any atom is 0.411 e. The van der Waals surface area contributed by atoms with Gasteiger partial charge in [0.1, 0.15) is 16.7 Å². The van der Waals surface area contributed by atoms with Crippen LogP contribution < -0.4 is 14.8 Å². The van der Waals surface area contributed by atoms with Gasteiger partial charge in [-0.15, -0.1) is 0 Å². The van der Waals surface area contributed by atoms with Crippen molar-refractivity contribution < 1.29 is 27.5 Å². The molecule has 228 valence electrons. The van der Waals surface area contributed by atoms with E-state index in [4.69, 9.17) is 9.47 Å². The van der Waals surface area contributed by atoms with Crippen molar-refractivity contribution in [2.75, 3.05) is 12.4 Å². The molecule has 1 aromatic heterocycles. The number of methoxy groups -OCH3 is 1. The van der Waals surface area contributed by atoms with E-state index in [1.54, 1.807) is 30.3 Å². The van der Waals surface area contributed by atoms with Crippen LogP contribution in [0.5, 0.6) is 5.75 Å². The first-order valence-corrected chi connectivity index (χ1v) is 16.1. The lowest BCUT2D eigenvalue weighted by molar-refractivity contribution is 0.0980. The number of carbonyl (C=O) groups is 2. The molecule has 9 nitrogen and oxygen atoms in total. The minimum absolute atomic E-state index is 0.0323. The first-order valence-electron chi connectivity index (χ1n) is 14.6. The van der Waals surface area contributed by atoms with Crippen LogP contribution >= 0.6 is 0 Å². The molecule has 0 saturated heterocycles. The number of carbonyl (C=O) groups excluding carboxylic acids is 2. The highest BCUT2D eigenvalue weighted by Gasteiger charge is 2.24. The normalized spacial score (nSPS) is 14.0. The van der Waals surface area contributed by atoms with E-state index in [2.05, 4.69) is 26.9 Å². The topological polar surface area (TPSA) is 127 Å². The number of H-pyrrole nitrogens is 1. The van der Waals surface area contributed by atoms with Gasteiger partial charge in [0.15, 0.2) is 0 Å². The molecule has 10 heteroatoms. The molecule has 0 radical (unpaired) electrons. The first-order chi connectivity index (χ1) is 21.2. The van der Waals surface area contributed by atoms with Crippen LogP contribution in [-0.4, -0.2) is 38.6 Å². The lowest BCUT2D eigenvalue weighted by atomic mass is 9.91. The van der Waals surface area contributed by atoms with E-state index in [9.17, 15) is 18.0 Å². The van der Waals surface area contributed by atoms with Gasteiger partial charge in [-0.25, -0.2) is 17.9 Å². The average molecular weight is 614 g/mol. The predicted octanol–water partition coefficient (Wildman–Crippen LogP) is 6.70. The van der Waals surface area contributed by atoms with Gasteiger partial charge in [-0.1, -0.05) is 43.9 Å². The Morgan fingerprint density at radius 3 is 2.57 bits per heavy atom. The van der Waals surface area contributed by atoms with Gasteiger partial charge in [0.05, 0.1) is 7.11 Å². The maximum absolute atomic E-state index is 13.1. The van der Waals surface area contributed by atoms with Crippen LogP contribution in [0, 0.1) is 11.8 Å². The molecule has 3 aromatic carbocycles. The molecular weight excluding hydrogens is 578 g/mol. The molecule has 1 fully saturated rings. The molecular formula is C34H35N3O6S. The standard InChI is InChI=1S/C34H35N3O6S/c1-4-5-10-23-11-6-9-14-32(23)44(40,41)37-33(38)24-15-17-27(31(19-24)42-3)22(2)29-21-35-30-18-16-25(20-28(29)30)36-34(39)43-26-12-7-8-13-26/h6,9,11,14-22,26,35H,4,7-8,12-13H2,1-3H3,(H,36,39)(H,37,38). The summed E-state index contributed by atoms with van der Waals surface area (Å²) in [4.78, 5) is 28.8. The Morgan fingerprint density at radius 2 is 1.82 bits per heavy atom. The van der Waals surface area contributed by atoms with E-state index in [-0.39, 0.29) is 22.5 Å². The van der Waals surface area contributed by atoms with Crippen LogP contribution in [0.4, 0.5) is 10.5 Å². The molecule has 1 saturated carbocycles. The molecule has 4 aromatic rings. The zero-order valence-electron chi connectivity index (χ0n) is 24.9. The number of nitrogens with one attached hydrogen (secondary N) is 3. The van der Waals surface area contributed by atoms with Crippen LogP contribution in [0.25, 0.3) is 10.9 Å². The van der Waals surface area contributed by atoms with Crippen LogP contribution in [0.2, 0.25) is 0 Å². The summed E-state index contributed by atoms with van der Waals surface area (Å²) in [6, 6.07) is 16.8. The Balaban J connectivity index is 1.36. The van der Waals surface area contributed by atoms with Crippen molar-refractivity contribution in [1.29, 1.82) is 0 Å². The van der Waals surface area contributed by atoms with Gasteiger partial charge in [0.25, 0.3) is 15.9 Å². The molecule has 3 N–H and O–H groups in total.